The molecule has 5 heteroatoms. The van der Waals surface area contributed by atoms with E-state index in [0.717, 1.165) is 23.0 Å². The van der Waals surface area contributed by atoms with Gasteiger partial charge in [0, 0.05) is 23.2 Å². The molecule has 0 fully saturated rings. The molecule has 3 rings (SSSR count). The van der Waals surface area contributed by atoms with E-state index in [1.807, 2.05) is 52.1 Å². The molecule has 0 unspecified atom stereocenters. The maximum atomic E-state index is 4.70. The molecule has 3 heterocycles. The lowest BCUT2D eigenvalue weighted by Gasteiger charge is -2.14. The highest BCUT2D eigenvalue weighted by molar-refractivity contribution is 5.32. The summed E-state index contributed by atoms with van der Waals surface area (Å²) in [4.78, 5) is 4.70. The van der Waals surface area contributed by atoms with Gasteiger partial charge >= 0.3 is 0 Å². The lowest BCUT2D eigenvalue weighted by atomic mass is 9.93. The van der Waals surface area contributed by atoms with E-state index in [2.05, 4.69) is 51.7 Å². The van der Waals surface area contributed by atoms with Gasteiger partial charge < -0.3 is 0 Å². The molecule has 3 aromatic rings. The number of nitrogens with zero attached hydrogens (tertiary/aromatic N) is 5. The first-order valence-corrected chi connectivity index (χ1v) is 8.25. The van der Waals surface area contributed by atoms with Crippen LogP contribution in [0.4, 0.5) is 0 Å². The Morgan fingerprint density at radius 3 is 1.42 bits per heavy atom. The average Bonchev–Trinajstić information content (AvgIpc) is 3.16. The standard InChI is InChI=1S/C19H25N5/c1-18(2,3)14-10-12-23(21-14)16-8-7-9-17(20-16)24-13-11-15(22-24)19(4,5)6/h7-13H,1-6H3. The van der Waals surface area contributed by atoms with Crippen LogP contribution in [0.1, 0.15) is 52.9 Å². The molecule has 0 spiro atoms. The molecule has 0 aromatic carbocycles. The molecule has 0 amide bonds. The summed E-state index contributed by atoms with van der Waals surface area (Å²) in [6.45, 7) is 12.9. The molecular formula is C19H25N5. The lowest BCUT2D eigenvalue weighted by Crippen LogP contribution is -2.13. The van der Waals surface area contributed by atoms with Crippen molar-refractivity contribution >= 4 is 0 Å². The van der Waals surface area contributed by atoms with E-state index >= 15 is 0 Å². The molecule has 0 saturated heterocycles. The fraction of sp³-hybridized carbons (Fsp3) is 0.421. The molecule has 0 saturated carbocycles. The molecule has 0 atom stereocenters. The summed E-state index contributed by atoms with van der Waals surface area (Å²) in [7, 11) is 0. The van der Waals surface area contributed by atoms with Crippen LogP contribution >= 0.6 is 0 Å². The van der Waals surface area contributed by atoms with Crippen LogP contribution in [0.5, 0.6) is 0 Å². The van der Waals surface area contributed by atoms with Gasteiger partial charge in [-0.1, -0.05) is 47.6 Å². The van der Waals surface area contributed by atoms with Crippen molar-refractivity contribution in [3.05, 3.63) is 54.1 Å². The van der Waals surface area contributed by atoms with Crippen LogP contribution in [0, 0.1) is 0 Å². The van der Waals surface area contributed by atoms with Crippen molar-refractivity contribution in [3.8, 4) is 11.6 Å². The highest BCUT2D eigenvalue weighted by Gasteiger charge is 2.19. The predicted octanol–water partition coefficient (Wildman–Crippen LogP) is 4.05. The van der Waals surface area contributed by atoms with Crippen molar-refractivity contribution in [2.75, 3.05) is 0 Å². The monoisotopic (exact) mass is 323 g/mol. The molecule has 24 heavy (non-hydrogen) atoms. The Labute approximate surface area is 143 Å². The first kappa shape index (κ1) is 16.4. The summed E-state index contributed by atoms with van der Waals surface area (Å²) >= 11 is 0. The summed E-state index contributed by atoms with van der Waals surface area (Å²) in [6, 6.07) is 9.97. The van der Waals surface area contributed by atoms with Gasteiger partial charge in [0.15, 0.2) is 11.6 Å². The van der Waals surface area contributed by atoms with Crippen LogP contribution in [0.2, 0.25) is 0 Å². The van der Waals surface area contributed by atoms with Crippen molar-refractivity contribution in [2.45, 2.75) is 52.4 Å². The van der Waals surface area contributed by atoms with E-state index in [1.165, 1.54) is 0 Å². The van der Waals surface area contributed by atoms with Crippen molar-refractivity contribution in [1.29, 1.82) is 0 Å². The second-order valence-corrected chi connectivity index (χ2v) is 8.15. The Balaban J connectivity index is 1.95. The summed E-state index contributed by atoms with van der Waals surface area (Å²) < 4.78 is 3.64. The van der Waals surface area contributed by atoms with E-state index in [9.17, 15) is 0 Å². The van der Waals surface area contributed by atoms with Gasteiger partial charge in [-0.05, 0) is 24.3 Å². The van der Waals surface area contributed by atoms with Crippen LogP contribution in [0.3, 0.4) is 0 Å². The highest BCUT2D eigenvalue weighted by atomic mass is 15.3. The molecule has 0 aliphatic carbocycles. The third kappa shape index (κ3) is 3.25. The second-order valence-electron chi connectivity index (χ2n) is 8.15. The SMILES string of the molecule is CC(C)(C)c1ccn(-c2cccc(-n3ccc(C(C)(C)C)n3)n2)n1. The van der Waals surface area contributed by atoms with Gasteiger partial charge in [-0.3, -0.25) is 0 Å². The summed E-state index contributed by atoms with van der Waals surface area (Å²) in [5, 5.41) is 9.31. The Morgan fingerprint density at radius 1 is 0.667 bits per heavy atom. The largest absolute Gasteiger partial charge is 0.222 e. The quantitative estimate of drug-likeness (QED) is 0.715. The van der Waals surface area contributed by atoms with Crippen molar-refractivity contribution in [1.82, 2.24) is 24.5 Å². The Kier molecular flexibility index (Phi) is 3.82. The first-order valence-electron chi connectivity index (χ1n) is 8.25. The highest BCUT2D eigenvalue weighted by Crippen LogP contribution is 2.22. The topological polar surface area (TPSA) is 48.5 Å². The number of rotatable bonds is 2. The maximum Gasteiger partial charge on any atom is 0.155 e. The van der Waals surface area contributed by atoms with Gasteiger partial charge in [-0.2, -0.15) is 10.2 Å². The molecule has 0 N–H and O–H groups in total. The van der Waals surface area contributed by atoms with Gasteiger partial charge in [0.1, 0.15) is 0 Å². The first-order chi connectivity index (χ1) is 11.1. The van der Waals surface area contributed by atoms with E-state index in [0.29, 0.717) is 0 Å². The van der Waals surface area contributed by atoms with E-state index in [4.69, 9.17) is 4.98 Å². The molecule has 3 aromatic heterocycles. The molecule has 0 aliphatic heterocycles. The average molecular weight is 323 g/mol. The third-order valence-electron chi connectivity index (χ3n) is 3.90. The number of aromatic nitrogens is 5. The van der Waals surface area contributed by atoms with Gasteiger partial charge in [0.2, 0.25) is 0 Å². The van der Waals surface area contributed by atoms with Crippen molar-refractivity contribution < 1.29 is 0 Å². The molecule has 126 valence electrons. The Morgan fingerprint density at radius 2 is 1.08 bits per heavy atom. The van der Waals surface area contributed by atoms with Gasteiger partial charge in [0.25, 0.3) is 0 Å². The van der Waals surface area contributed by atoms with E-state index in [1.54, 1.807) is 0 Å². The van der Waals surface area contributed by atoms with Crippen molar-refractivity contribution in [3.63, 3.8) is 0 Å². The lowest BCUT2D eigenvalue weighted by molar-refractivity contribution is 0.557. The van der Waals surface area contributed by atoms with Crippen LogP contribution in [0.25, 0.3) is 11.6 Å². The summed E-state index contributed by atoms with van der Waals surface area (Å²) in [6.07, 6.45) is 3.91. The van der Waals surface area contributed by atoms with Gasteiger partial charge in [0.05, 0.1) is 11.4 Å². The molecule has 0 radical (unpaired) electrons. The normalized spacial score (nSPS) is 12.6. The molecule has 0 bridgehead atoms. The zero-order valence-electron chi connectivity index (χ0n) is 15.3. The van der Waals surface area contributed by atoms with Crippen LogP contribution in [0.15, 0.2) is 42.7 Å². The minimum absolute atomic E-state index is 0.0203. The molecular weight excluding hydrogens is 298 g/mol. The number of hydrogen-bond donors (Lipinski definition) is 0. The van der Waals surface area contributed by atoms with Crippen LogP contribution < -0.4 is 0 Å². The summed E-state index contributed by atoms with van der Waals surface area (Å²) in [5.41, 5.74) is 2.13. The van der Waals surface area contributed by atoms with Crippen LogP contribution in [-0.4, -0.2) is 24.5 Å². The zero-order chi connectivity index (χ0) is 17.5. The molecule has 5 nitrogen and oxygen atoms in total. The predicted molar refractivity (Wildman–Crippen MR) is 95.9 cm³/mol. The third-order valence-corrected chi connectivity index (χ3v) is 3.90. The van der Waals surface area contributed by atoms with Gasteiger partial charge in [-0.25, -0.2) is 14.3 Å². The Hall–Kier alpha value is -2.43. The Bertz CT molecular complexity index is 776. The van der Waals surface area contributed by atoms with E-state index < -0.39 is 0 Å². The van der Waals surface area contributed by atoms with Gasteiger partial charge in [-0.15, -0.1) is 0 Å². The fourth-order valence-electron chi connectivity index (χ4n) is 2.37. The van der Waals surface area contributed by atoms with Crippen LogP contribution in [-0.2, 0) is 10.8 Å². The van der Waals surface area contributed by atoms with Crippen molar-refractivity contribution in [2.24, 2.45) is 0 Å². The smallest absolute Gasteiger partial charge is 0.155 e. The minimum atomic E-state index is 0.0203. The maximum absolute atomic E-state index is 4.70. The second kappa shape index (κ2) is 5.58. The number of pyridine rings is 1. The van der Waals surface area contributed by atoms with E-state index in [-0.39, 0.29) is 10.8 Å². The number of hydrogen-bond acceptors (Lipinski definition) is 3. The minimum Gasteiger partial charge on any atom is -0.222 e. The summed E-state index contributed by atoms with van der Waals surface area (Å²) in [5.74, 6) is 1.58. The molecule has 0 aliphatic rings. The fourth-order valence-corrected chi connectivity index (χ4v) is 2.37. The zero-order valence-corrected chi connectivity index (χ0v) is 15.3.